The lowest BCUT2D eigenvalue weighted by Gasteiger charge is -2.34. The fourth-order valence-corrected chi connectivity index (χ4v) is 2.87. The van der Waals surface area contributed by atoms with Gasteiger partial charge in [-0.15, -0.1) is 0 Å². The molecule has 8 nitrogen and oxygen atoms in total. The molecule has 2 aliphatic heterocycles. The van der Waals surface area contributed by atoms with E-state index in [0.29, 0.717) is 19.6 Å². The van der Waals surface area contributed by atoms with E-state index in [9.17, 15) is 18.0 Å². The molecular formula is C9H16N4O4S. The van der Waals surface area contributed by atoms with Crippen molar-refractivity contribution in [2.75, 3.05) is 32.7 Å². The van der Waals surface area contributed by atoms with E-state index in [1.165, 1.54) is 0 Å². The number of nitrogens with zero attached hydrogens (tertiary/aromatic N) is 2. The first-order chi connectivity index (χ1) is 8.38. The maximum Gasteiger partial charge on any atom is 0.277 e. The molecule has 1 atom stereocenters. The third-order valence-electron chi connectivity index (χ3n) is 3.24. The molecule has 0 aromatic rings. The van der Waals surface area contributed by atoms with Gasteiger partial charge in [0.1, 0.15) is 0 Å². The zero-order valence-electron chi connectivity index (χ0n) is 9.83. The van der Waals surface area contributed by atoms with Crippen LogP contribution in [0.5, 0.6) is 0 Å². The van der Waals surface area contributed by atoms with Gasteiger partial charge in [-0.1, -0.05) is 0 Å². The average molecular weight is 276 g/mol. The summed E-state index contributed by atoms with van der Waals surface area (Å²) in [6.45, 7) is 1.42. The SMILES string of the molecule is NS(=O)(=O)N1CCN(C(=O)C2CNC(=O)C2)CC1. The second kappa shape index (κ2) is 4.82. The van der Waals surface area contributed by atoms with E-state index in [-0.39, 0.29) is 37.2 Å². The number of nitrogens with two attached hydrogens (primary N) is 1. The zero-order valence-corrected chi connectivity index (χ0v) is 10.6. The van der Waals surface area contributed by atoms with Gasteiger partial charge >= 0.3 is 0 Å². The highest BCUT2D eigenvalue weighted by molar-refractivity contribution is 7.86. The fourth-order valence-electron chi connectivity index (χ4n) is 2.20. The molecule has 0 radical (unpaired) electrons. The number of hydrogen-bond acceptors (Lipinski definition) is 4. The Bertz CT molecular complexity index is 455. The number of hydrogen-bond donors (Lipinski definition) is 2. The quantitative estimate of drug-likeness (QED) is 0.579. The van der Waals surface area contributed by atoms with Crippen molar-refractivity contribution in [3.8, 4) is 0 Å². The molecule has 9 heteroatoms. The molecule has 102 valence electrons. The van der Waals surface area contributed by atoms with Crippen molar-refractivity contribution in [1.82, 2.24) is 14.5 Å². The minimum atomic E-state index is -3.67. The second-order valence-corrected chi connectivity index (χ2v) is 6.02. The molecule has 0 saturated carbocycles. The van der Waals surface area contributed by atoms with Crippen molar-refractivity contribution >= 4 is 22.0 Å². The van der Waals surface area contributed by atoms with Crippen molar-refractivity contribution in [3.05, 3.63) is 0 Å². The maximum absolute atomic E-state index is 12.0. The predicted molar refractivity (Wildman–Crippen MR) is 62.4 cm³/mol. The summed E-state index contributed by atoms with van der Waals surface area (Å²) in [5.74, 6) is -0.530. The first-order valence-corrected chi connectivity index (χ1v) is 7.21. The molecule has 0 aromatic carbocycles. The summed E-state index contributed by atoms with van der Waals surface area (Å²) in [5, 5.41) is 7.62. The Balaban J connectivity index is 1.90. The average Bonchev–Trinajstić information content (AvgIpc) is 2.74. The standard InChI is InChI=1S/C9H16N4O4S/c10-18(16,17)13-3-1-12(2-4-13)9(15)7-5-8(14)11-6-7/h7H,1-6H2,(H,11,14)(H2,10,16,17). The van der Waals surface area contributed by atoms with Gasteiger partial charge in [0.25, 0.3) is 10.2 Å². The van der Waals surface area contributed by atoms with Crippen LogP contribution in [-0.2, 0) is 19.8 Å². The second-order valence-electron chi connectivity index (χ2n) is 4.47. The largest absolute Gasteiger partial charge is 0.355 e. The van der Waals surface area contributed by atoms with Gasteiger partial charge in [-0.05, 0) is 0 Å². The van der Waals surface area contributed by atoms with Gasteiger partial charge in [-0.25, -0.2) is 5.14 Å². The summed E-state index contributed by atoms with van der Waals surface area (Å²) < 4.78 is 23.4. The highest BCUT2D eigenvalue weighted by Gasteiger charge is 2.34. The van der Waals surface area contributed by atoms with Crippen LogP contribution in [-0.4, -0.2) is 62.2 Å². The summed E-state index contributed by atoms with van der Waals surface area (Å²) in [6, 6.07) is 0. The summed E-state index contributed by atoms with van der Waals surface area (Å²) in [4.78, 5) is 24.7. The topological polar surface area (TPSA) is 113 Å². The molecule has 18 heavy (non-hydrogen) atoms. The van der Waals surface area contributed by atoms with E-state index in [4.69, 9.17) is 5.14 Å². The first-order valence-electron chi connectivity index (χ1n) is 5.71. The first kappa shape index (κ1) is 13.2. The lowest BCUT2D eigenvalue weighted by atomic mass is 10.1. The van der Waals surface area contributed by atoms with Gasteiger partial charge in [-0.2, -0.15) is 12.7 Å². The molecule has 2 rings (SSSR count). The Kier molecular flexibility index (Phi) is 3.55. The summed E-state index contributed by atoms with van der Waals surface area (Å²) in [5.41, 5.74) is 0. The Morgan fingerprint density at radius 3 is 2.33 bits per heavy atom. The van der Waals surface area contributed by atoms with Crippen molar-refractivity contribution in [2.45, 2.75) is 6.42 Å². The summed E-state index contributed by atoms with van der Waals surface area (Å²) in [6.07, 6.45) is 0.217. The molecule has 0 aliphatic carbocycles. The maximum atomic E-state index is 12.0. The Hall–Kier alpha value is -1.19. The number of nitrogens with one attached hydrogen (secondary N) is 1. The molecule has 2 aliphatic rings. The van der Waals surface area contributed by atoms with Crippen molar-refractivity contribution in [1.29, 1.82) is 0 Å². The van der Waals surface area contributed by atoms with Gasteiger partial charge in [0.2, 0.25) is 11.8 Å². The molecule has 0 spiro atoms. The van der Waals surface area contributed by atoms with Crippen LogP contribution in [0.4, 0.5) is 0 Å². The molecule has 0 aromatic heterocycles. The Labute approximate surface area is 105 Å². The van der Waals surface area contributed by atoms with Crippen LogP contribution in [0.15, 0.2) is 0 Å². The van der Waals surface area contributed by atoms with E-state index < -0.39 is 10.2 Å². The zero-order chi connectivity index (χ0) is 13.3. The molecule has 2 saturated heterocycles. The predicted octanol–water partition coefficient (Wildman–Crippen LogP) is -2.53. The van der Waals surface area contributed by atoms with Gasteiger partial charge < -0.3 is 10.2 Å². The molecule has 0 bridgehead atoms. The van der Waals surface area contributed by atoms with Crippen molar-refractivity contribution in [2.24, 2.45) is 11.1 Å². The van der Waals surface area contributed by atoms with Gasteiger partial charge in [0.15, 0.2) is 0 Å². The van der Waals surface area contributed by atoms with Crippen molar-refractivity contribution in [3.63, 3.8) is 0 Å². The normalized spacial score (nSPS) is 26.2. The number of carbonyl (C=O) groups excluding carboxylic acids is 2. The van der Waals surface area contributed by atoms with E-state index >= 15 is 0 Å². The highest BCUT2D eigenvalue weighted by Crippen LogP contribution is 2.15. The number of amides is 2. The number of carbonyl (C=O) groups is 2. The van der Waals surface area contributed by atoms with Gasteiger partial charge in [0, 0.05) is 39.1 Å². The van der Waals surface area contributed by atoms with Crippen LogP contribution in [0.1, 0.15) is 6.42 Å². The van der Waals surface area contributed by atoms with Gasteiger partial charge in [0.05, 0.1) is 5.92 Å². The highest BCUT2D eigenvalue weighted by atomic mass is 32.2. The third-order valence-corrected chi connectivity index (χ3v) is 4.32. The van der Waals surface area contributed by atoms with E-state index in [1.807, 2.05) is 0 Å². The summed E-state index contributed by atoms with van der Waals surface area (Å²) >= 11 is 0. The van der Waals surface area contributed by atoms with Crippen LogP contribution in [0.25, 0.3) is 0 Å². The van der Waals surface area contributed by atoms with Gasteiger partial charge in [-0.3, -0.25) is 9.59 Å². The monoisotopic (exact) mass is 276 g/mol. The van der Waals surface area contributed by atoms with Crippen LogP contribution in [0, 0.1) is 5.92 Å². The van der Waals surface area contributed by atoms with Crippen LogP contribution < -0.4 is 10.5 Å². The Morgan fingerprint density at radius 2 is 1.89 bits per heavy atom. The summed E-state index contributed by atoms with van der Waals surface area (Å²) in [7, 11) is -3.67. The molecule has 2 fully saturated rings. The molecular weight excluding hydrogens is 260 g/mol. The Morgan fingerprint density at radius 1 is 1.28 bits per heavy atom. The lowest BCUT2D eigenvalue weighted by Crippen LogP contribution is -2.53. The number of piperazine rings is 1. The van der Waals surface area contributed by atoms with Crippen LogP contribution in [0.2, 0.25) is 0 Å². The van der Waals surface area contributed by atoms with E-state index in [0.717, 1.165) is 4.31 Å². The minimum absolute atomic E-state index is 0.0950. The molecule has 2 amide bonds. The molecule has 1 unspecified atom stereocenters. The lowest BCUT2D eigenvalue weighted by molar-refractivity contribution is -0.136. The third kappa shape index (κ3) is 2.79. The minimum Gasteiger partial charge on any atom is -0.355 e. The molecule has 3 N–H and O–H groups in total. The molecule has 2 heterocycles. The van der Waals surface area contributed by atoms with Crippen LogP contribution in [0.3, 0.4) is 0 Å². The smallest absolute Gasteiger partial charge is 0.277 e. The van der Waals surface area contributed by atoms with E-state index in [2.05, 4.69) is 5.32 Å². The number of rotatable bonds is 2. The van der Waals surface area contributed by atoms with Crippen molar-refractivity contribution < 1.29 is 18.0 Å². The van der Waals surface area contributed by atoms with E-state index in [1.54, 1.807) is 4.90 Å². The van der Waals surface area contributed by atoms with Crippen LogP contribution >= 0.6 is 0 Å². The fraction of sp³-hybridized carbons (Fsp3) is 0.778.